The third kappa shape index (κ3) is 4.17. The van der Waals surface area contributed by atoms with Gasteiger partial charge in [-0.3, -0.25) is 9.59 Å². The maximum Gasteiger partial charge on any atom is 0.255 e. The van der Waals surface area contributed by atoms with E-state index >= 15 is 0 Å². The molecule has 0 saturated carbocycles. The van der Waals surface area contributed by atoms with Crippen molar-refractivity contribution in [1.29, 1.82) is 0 Å². The Hall–Kier alpha value is -4.59. The van der Waals surface area contributed by atoms with Gasteiger partial charge in [-0.15, -0.1) is 0 Å². The van der Waals surface area contributed by atoms with Gasteiger partial charge in [0, 0.05) is 47.5 Å². The molecule has 8 heteroatoms. The largest absolute Gasteiger partial charge is 0.461 e. The Morgan fingerprint density at radius 1 is 0.889 bits per heavy atom. The standard InChI is InChI=1S/C28H21FN2O5/c29-21-5-1-4-18(11-21)27(32)30-22-6-2-3-17(12-22)25-14-20-15-31(10-9-23(20)36-25)28(33)19-7-8-24-26(13-19)35-16-34-24/h1-8,11-14H,9-10,15-16H2,(H,30,32). The second kappa shape index (κ2) is 8.88. The molecule has 3 aromatic carbocycles. The lowest BCUT2D eigenvalue weighted by molar-refractivity contribution is 0.0729. The first-order valence-electron chi connectivity index (χ1n) is 11.5. The topological polar surface area (TPSA) is 81.0 Å². The SMILES string of the molecule is O=C(Nc1cccc(-c2cc3c(o2)CCN(C(=O)c2ccc4c(c2)OCO4)C3)c1)c1cccc(F)c1. The van der Waals surface area contributed by atoms with Gasteiger partial charge in [0.2, 0.25) is 6.79 Å². The van der Waals surface area contributed by atoms with Crippen LogP contribution in [-0.2, 0) is 13.0 Å². The van der Waals surface area contributed by atoms with Crippen LogP contribution < -0.4 is 14.8 Å². The number of benzene rings is 3. The summed E-state index contributed by atoms with van der Waals surface area (Å²) >= 11 is 0. The first-order valence-corrected chi connectivity index (χ1v) is 11.5. The van der Waals surface area contributed by atoms with Gasteiger partial charge in [-0.05, 0) is 54.6 Å². The van der Waals surface area contributed by atoms with Crippen LogP contribution in [0.2, 0.25) is 0 Å². The van der Waals surface area contributed by atoms with Crippen LogP contribution >= 0.6 is 0 Å². The number of carbonyl (C=O) groups excluding carboxylic acids is 2. The van der Waals surface area contributed by atoms with Crippen LogP contribution in [0.25, 0.3) is 11.3 Å². The summed E-state index contributed by atoms with van der Waals surface area (Å²) in [4.78, 5) is 27.4. The van der Waals surface area contributed by atoms with Crippen molar-refractivity contribution in [3.63, 3.8) is 0 Å². The predicted molar refractivity (Wildman–Crippen MR) is 130 cm³/mol. The Morgan fingerprint density at radius 3 is 2.64 bits per heavy atom. The third-order valence-corrected chi connectivity index (χ3v) is 6.27. The summed E-state index contributed by atoms with van der Waals surface area (Å²) in [7, 11) is 0. The van der Waals surface area contributed by atoms with Gasteiger partial charge >= 0.3 is 0 Å². The molecule has 0 unspecified atom stereocenters. The molecule has 2 aliphatic rings. The molecule has 36 heavy (non-hydrogen) atoms. The molecule has 2 amide bonds. The monoisotopic (exact) mass is 484 g/mol. The lowest BCUT2D eigenvalue weighted by Crippen LogP contribution is -2.35. The minimum atomic E-state index is -0.469. The van der Waals surface area contributed by atoms with Gasteiger partial charge < -0.3 is 24.1 Å². The predicted octanol–water partition coefficient (Wildman–Crippen LogP) is 5.27. The quantitative estimate of drug-likeness (QED) is 0.427. The van der Waals surface area contributed by atoms with Gasteiger partial charge in [-0.1, -0.05) is 18.2 Å². The van der Waals surface area contributed by atoms with E-state index in [1.807, 2.05) is 18.2 Å². The van der Waals surface area contributed by atoms with Crippen LogP contribution in [0, 0.1) is 5.82 Å². The minimum absolute atomic E-state index is 0.0799. The van der Waals surface area contributed by atoms with Crippen molar-refractivity contribution in [3.05, 3.63) is 101 Å². The molecule has 0 fully saturated rings. The fourth-order valence-electron chi connectivity index (χ4n) is 4.44. The molecule has 0 atom stereocenters. The second-order valence-electron chi connectivity index (χ2n) is 8.65. The number of amides is 2. The van der Waals surface area contributed by atoms with Crippen LogP contribution in [-0.4, -0.2) is 30.1 Å². The summed E-state index contributed by atoms with van der Waals surface area (Å²) in [5.74, 6) is 1.76. The zero-order valence-electron chi connectivity index (χ0n) is 19.1. The fourth-order valence-corrected chi connectivity index (χ4v) is 4.44. The number of nitrogens with zero attached hydrogens (tertiary/aromatic N) is 1. The van der Waals surface area contributed by atoms with Crippen LogP contribution in [0.1, 0.15) is 32.0 Å². The molecule has 3 heterocycles. The van der Waals surface area contributed by atoms with E-state index in [0.29, 0.717) is 48.0 Å². The average Bonchev–Trinajstić information content (AvgIpc) is 3.54. The number of halogens is 1. The van der Waals surface area contributed by atoms with Crippen molar-refractivity contribution in [2.75, 3.05) is 18.7 Å². The number of furan rings is 1. The molecule has 7 nitrogen and oxygen atoms in total. The normalized spacial score (nSPS) is 13.9. The minimum Gasteiger partial charge on any atom is -0.461 e. The molecule has 1 N–H and O–H groups in total. The summed E-state index contributed by atoms with van der Waals surface area (Å²) in [6, 6.07) is 19.9. The van der Waals surface area contributed by atoms with Crippen LogP contribution in [0.3, 0.4) is 0 Å². The molecule has 180 valence electrons. The number of fused-ring (bicyclic) bond motifs is 2. The van der Waals surface area contributed by atoms with Gasteiger partial charge in [0.1, 0.15) is 17.3 Å². The van der Waals surface area contributed by atoms with Crippen LogP contribution in [0.5, 0.6) is 11.5 Å². The van der Waals surface area contributed by atoms with Gasteiger partial charge in [-0.2, -0.15) is 0 Å². The highest BCUT2D eigenvalue weighted by molar-refractivity contribution is 6.04. The fraction of sp³-hybridized carbons (Fsp3) is 0.143. The highest BCUT2D eigenvalue weighted by atomic mass is 19.1. The highest BCUT2D eigenvalue weighted by Crippen LogP contribution is 2.34. The Balaban J connectivity index is 1.18. The van der Waals surface area contributed by atoms with Gasteiger partial charge in [0.05, 0.1) is 0 Å². The first-order chi connectivity index (χ1) is 17.5. The summed E-state index contributed by atoms with van der Waals surface area (Å²) in [5.41, 5.74) is 3.08. The first kappa shape index (κ1) is 21.9. The van der Waals surface area contributed by atoms with Gasteiger partial charge in [0.25, 0.3) is 11.8 Å². The van der Waals surface area contributed by atoms with E-state index in [4.69, 9.17) is 13.9 Å². The number of hydrogen-bond donors (Lipinski definition) is 1. The Bertz CT molecular complexity index is 1500. The molecule has 0 bridgehead atoms. The lowest BCUT2D eigenvalue weighted by Gasteiger charge is -2.26. The van der Waals surface area contributed by atoms with E-state index in [1.165, 1.54) is 18.2 Å². The second-order valence-corrected chi connectivity index (χ2v) is 8.65. The average molecular weight is 484 g/mol. The summed E-state index contributed by atoms with van der Waals surface area (Å²) in [5, 5.41) is 2.80. The number of nitrogens with one attached hydrogen (secondary N) is 1. The molecule has 0 radical (unpaired) electrons. The summed E-state index contributed by atoms with van der Waals surface area (Å²) < 4.78 is 30.3. The zero-order valence-corrected chi connectivity index (χ0v) is 19.1. The number of anilines is 1. The summed E-state index contributed by atoms with van der Waals surface area (Å²) in [6.45, 7) is 1.13. The molecular weight excluding hydrogens is 463 g/mol. The van der Waals surface area contributed by atoms with Crippen molar-refractivity contribution in [1.82, 2.24) is 4.90 Å². The maximum atomic E-state index is 13.5. The van der Waals surface area contributed by atoms with Gasteiger partial charge in [0.15, 0.2) is 11.5 Å². The number of carbonyl (C=O) groups is 2. The Morgan fingerprint density at radius 2 is 1.75 bits per heavy atom. The number of hydrogen-bond acceptors (Lipinski definition) is 5. The van der Waals surface area contributed by atoms with Crippen LogP contribution in [0.15, 0.2) is 77.2 Å². The van der Waals surface area contributed by atoms with Crippen molar-refractivity contribution in [2.45, 2.75) is 13.0 Å². The zero-order chi connectivity index (χ0) is 24.6. The lowest BCUT2D eigenvalue weighted by atomic mass is 10.1. The molecule has 0 saturated heterocycles. The van der Waals surface area contributed by atoms with Crippen molar-refractivity contribution >= 4 is 17.5 Å². The number of rotatable bonds is 4. The maximum absolute atomic E-state index is 13.5. The summed E-state index contributed by atoms with van der Waals surface area (Å²) in [6.07, 6.45) is 0.599. The van der Waals surface area contributed by atoms with E-state index in [9.17, 15) is 14.0 Å². The molecular formula is C28H21FN2O5. The van der Waals surface area contributed by atoms with Crippen molar-refractivity contribution < 1.29 is 27.9 Å². The van der Waals surface area contributed by atoms with E-state index in [2.05, 4.69) is 5.32 Å². The molecule has 0 spiro atoms. The molecule has 4 aromatic rings. The Labute approximate surface area is 206 Å². The number of ether oxygens (including phenoxy) is 2. The molecule has 0 aliphatic carbocycles. The smallest absolute Gasteiger partial charge is 0.255 e. The van der Waals surface area contributed by atoms with Crippen LogP contribution in [0.4, 0.5) is 10.1 Å². The molecule has 6 rings (SSSR count). The van der Waals surface area contributed by atoms with E-state index in [1.54, 1.807) is 41.3 Å². The Kier molecular flexibility index (Phi) is 5.41. The van der Waals surface area contributed by atoms with E-state index in [0.717, 1.165) is 16.9 Å². The van der Waals surface area contributed by atoms with Gasteiger partial charge in [-0.25, -0.2) is 4.39 Å². The van der Waals surface area contributed by atoms with E-state index in [-0.39, 0.29) is 18.3 Å². The van der Waals surface area contributed by atoms with Crippen molar-refractivity contribution in [2.24, 2.45) is 0 Å². The highest BCUT2D eigenvalue weighted by Gasteiger charge is 2.26. The molecule has 2 aliphatic heterocycles. The molecule has 1 aromatic heterocycles. The third-order valence-electron chi connectivity index (χ3n) is 6.27. The van der Waals surface area contributed by atoms with Crippen molar-refractivity contribution in [3.8, 4) is 22.8 Å². The van der Waals surface area contributed by atoms with E-state index < -0.39 is 11.7 Å².